The molecule has 1 aromatic heterocycles. The number of rotatable bonds is 4. The molecule has 2 fully saturated rings. The Morgan fingerprint density at radius 2 is 1.45 bits per heavy atom. The van der Waals surface area contributed by atoms with Gasteiger partial charge in [0.05, 0.1) is 5.75 Å². The molecule has 0 unspecified atom stereocenters. The molecular weight excluding hydrogens is 311 g/mol. The number of thioether (sulfide) groups is 1. The lowest BCUT2D eigenvalue weighted by atomic mass is 10.0. The maximum atomic E-state index is 6.37. The molecule has 0 radical (unpaired) electrons. The summed E-state index contributed by atoms with van der Waals surface area (Å²) in [5, 5.41) is 1.93. The molecule has 2 nitrogen and oxygen atoms in total. The van der Waals surface area contributed by atoms with Gasteiger partial charge in [0.25, 0.3) is 0 Å². The summed E-state index contributed by atoms with van der Waals surface area (Å²) in [5.74, 6) is 2.08. The molecule has 0 saturated heterocycles. The highest BCUT2D eigenvalue weighted by Crippen LogP contribution is 2.40. The average Bonchev–Trinajstić information content (AvgIpc) is 3.09. The zero-order chi connectivity index (χ0) is 13.9. The van der Waals surface area contributed by atoms with Crippen molar-refractivity contribution in [3.63, 3.8) is 0 Å². The number of hydrogen-bond donors (Lipinski definition) is 0. The Bertz CT molecular complexity index is 446. The van der Waals surface area contributed by atoms with E-state index < -0.39 is 0 Å². The molecule has 2 aliphatic rings. The van der Waals surface area contributed by atoms with Crippen molar-refractivity contribution in [1.29, 1.82) is 0 Å². The lowest BCUT2D eigenvalue weighted by molar-refractivity contribution is 0.712. The Balaban J connectivity index is 1.69. The number of halogens is 2. The number of nitrogens with zero attached hydrogens (tertiary/aromatic N) is 2. The minimum Gasteiger partial charge on any atom is -0.220 e. The van der Waals surface area contributed by atoms with Crippen molar-refractivity contribution >= 4 is 35.0 Å². The van der Waals surface area contributed by atoms with Crippen LogP contribution in [0.3, 0.4) is 0 Å². The Morgan fingerprint density at radius 1 is 0.900 bits per heavy atom. The summed E-state index contributed by atoms with van der Waals surface area (Å²) in [6.07, 6.45) is 10.2. The van der Waals surface area contributed by atoms with Crippen molar-refractivity contribution in [2.75, 3.05) is 0 Å². The van der Waals surface area contributed by atoms with Crippen molar-refractivity contribution in [2.45, 2.75) is 68.3 Å². The Labute approximate surface area is 135 Å². The van der Waals surface area contributed by atoms with E-state index in [2.05, 4.69) is 9.97 Å². The molecule has 0 aliphatic heterocycles. The lowest BCUT2D eigenvalue weighted by Crippen LogP contribution is -2.04. The van der Waals surface area contributed by atoms with Gasteiger partial charge >= 0.3 is 0 Å². The molecular formula is C15H20Cl2N2S. The highest BCUT2D eigenvalue weighted by molar-refractivity contribution is 7.99. The Morgan fingerprint density at radius 3 is 2.05 bits per heavy atom. The van der Waals surface area contributed by atoms with Gasteiger partial charge in [-0.3, -0.25) is 0 Å². The molecule has 5 heteroatoms. The number of aromatic nitrogens is 2. The Hall–Kier alpha value is 0.01000. The number of hydrogen-bond acceptors (Lipinski definition) is 3. The third kappa shape index (κ3) is 3.42. The van der Waals surface area contributed by atoms with E-state index in [1.807, 2.05) is 11.8 Å². The SMILES string of the molecule is Clc1nc(CSC2CCCC2)nc(Cl)c1C1CCCC1. The molecule has 20 heavy (non-hydrogen) atoms. The van der Waals surface area contributed by atoms with Gasteiger partial charge in [0.15, 0.2) is 0 Å². The van der Waals surface area contributed by atoms with Crippen molar-refractivity contribution < 1.29 is 0 Å². The van der Waals surface area contributed by atoms with Crippen LogP contribution in [0.1, 0.15) is 68.7 Å². The normalized spacial score (nSPS) is 20.9. The van der Waals surface area contributed by atoms with Gasteiger partial charge in [-0.2, -0.15) is 11.8 Å². The highest BCUT2D eigenvalue weighted by atomic mass is 35.5. The second kappa shape index (κ2) is 6.85. The van der Waals surface area contributed by atoms with E-state index in [1.165, 1.54) is 51.4 Å². The van der Waals surface area contributed by atoms with Crippen LogP contribution in [0.15, 0.2) is 0 Å². The molecule has 0 aromatic carbocycles. The van der Waals surface area contributed by atoms with Crippen LogP contribution < -0.4 is 0 Å². The van der Waals surface area contributed by atoms with E-state index in [9.17, 15) is 0 Å². The molecule has 3 rings (SSSR count). The van der Waals surface area contributed by atoms with Gasteiger partial charge < -0.3 is 0 Å². The maximum absolute atomic E-state index is 6.37. The van der Waals surface area contributed by atoms with Gasteiger partial charge in [-0.25, -0.2) is 9.97 Å². The first-order chi connectivity index (χ1) is 9.74. The van der Waals surface area contributed by atoms with Crippen LogP contribution in [0.2, 0.25) is 10.3 Å². The van der Waals surface area contributed by atoms with Crippen molar-refractivity contribution in [3.05, 3.63) is 21.7 Å². The summed E-state index contributed by atoms with van der Waals surface area (Å²) in [7, 11) is 0. The lowest BCUT2D eigenvalue weighted by Gasteiger charge is -2.14. The molecule has 0 amide bonds. The molecule has 0 bridgehead atoms. The van der Waals surface area contributed by atoms with Gasteiger partial charge in [-0.1, -0.05) is 48.9 Å². The van der Waals surface area contributed by atoms with Crippen LogP contribution in [0, 0.1) is 0 Å². The summed E-state index contributed by atoms with van der Waals surface area (Å²) in [6, 6.07) is 0. The van der Waals surface area contributed by atoms with Crippen LogP contribution in [0.25, 0.3) is 0 Å². The fourth-order valence-electron chi connectivity index (χ4n) is 3.32. The quantitative estimate of drug-likeness (QED) is 0.670. The van der Waals surface area contributed by atoms with E-state index in [0.29, 0.717) is 16.2 Å². The fraction of sp³-hybridized carbons (Fsp3) is 0.733. The summed E-state index contributed by atoms with van der Waals surface area (Å²) in [4.78, 5) is 8.98. The van der Waals surface area contributed by atoms with Crippen LogP contribution in [-0.4, -0.2) is 15.2 Å². The largest absolute Gasteiger partial charge is 0.220 e. The average molecular weight is 331 g/mol. The van der Waals surface area contributed by atoms with Crippen LogP contribution >= 0.6 is 35.0 Å². The summed E-state index contributed by atoms with van der Waals surface area (Å²) in [5.41, 5.74) is 0.987. The van der Waals surface area contributed by atoms with Crippen LogP contribution in [0.4, 0.5) is 0 Å². The first-order valence-corrected chi connectivity index (χ1v) is 9.38. The monoisotopic (exact) mass is 330 g/mol. The third-order valence-electron chi connectivity index (χ3n) is 4.41. The first kappa shape index (κ1) is 14.9. The van der Waals surface area contributed by atoms with Crippen molar-refractivity contribution in [2.24, 2.45) is 0 Å². The van der Waals surface area contributed by atoms with Gasteiger partial charge in [0, 0.05) is 10.8 Å². The van der Waals surface area contributed by atoms with E-state index >= 15 is 0 Å². The van der Waals surface area contributed by atoms with Gasteiger partial charge in [0.1, 0.15) is 16.1 Å². The fourth-order valence-corrected chi connectivity index (χ4v) is 5.23. The van der Waals surface area contributed by atoms with Gasteiger partial charge in [0.2, 0.25) is 0 Å². The summed E-state index contributed by atoms with van der Waals surface area (Å²) in [6.45, 7) is 0. The smallest absolute Gasteiger partial charge is 0.141 e. The summed E-state index contributed by atoms with van der Waals surface area (Å²) < 4.78 is 0. The molecule has 1 aromatic rings. The first-order valence-electron chi connectivity index (χ1n) is 7.57. The van der Waals surface area contributed by atoms with Crippen molar-refractivity contribution in [3.8, 4) is 0 Å². The molecule has 110 valence electrons. The third-order valence-corrected chi connectivity index (χ3v) is 6.36. The topological polar surface area (TPSA) is 25.8 Å². The molecule has 2 saturated carbocycles. The Kier molecular flexibility index (Phi) is 5.11. The maximum Gasteiger partial charge on any atom is 0.141 e. The van der Waals surface area contributed by atoms with Gasteiger partial charge in [-0.15, -0.1) is 0 Å². The molecule has 0 spiro atoms. The standard InChI is InChI=1S/C15H20Cl2N2S/c16-14-13(10-5-1-2-6-10)15(17)19-12(18-14)9-20-11-7-3-4-8-11/h10-11H,1-9H2. The second-order valence-corrected chi connectivity index (χ2v) is 7.84. The van der Waals surface area contributed by atoms with E-state index in [1.54, 1.807) is 0 Å². The minimum atomic E-state index is 0.464. The second-order valence-electron chi connectivity index (χ2n) is 5.83. The predicted octanol–water partition coefficient (Wildman–Crippen LogP) is 5.62. The molecule has 0 atom stereocenters. The van der Waals surface area contributed by atoms with Crippen LogP contribution in [0.5, 0.6) is 0 Å². The van der Waals surface area contributed by atoms with Crippen LogP contribution in [-0.2, 0) is 5.75 Å². The highest BCUT2D eigenvalue weighted by Gasteiger charge is 2.24. The van der Waals surface area contributed by atoms with Gasteiger partial charge in [-0.05, 0) is 31.6 Å². The van der Waals surface area contributed by atoms with E-state index in [0.717, 1.165) is 22.4 Å². The molecule has 2 aliphatic carbocycles. The summed E-state index contributed by atoms with van der Waals surface area (Å²) >= 11 is 14.7. The zero-order valence-electron chi connectivity index (χ0n) is 11.6. The molecule has 0 N–H and O–H groups in total. The van der Waals surface area contributed by atoms with Crippen molar-refractivity contribution in [1.82, 2.24) is 9.97 Å². The zero-order valence-corrected chi connectivity index (χ0v) is 13.9. The molecule has 1 heterocycles. The van der Waals surface area contributed by atoms with E-state index in [-0.39, 0.29) is 0 Å². The predicted molar refractivity (Wildman–Crippen MR) is 86.8 cm³/mol. The minimum absolute atomic E-state index is 0.464. The van der Waals surface area contributed by atoms with E-state index in [4.69, 9.17) is 23.2 Å².